The molecule has 0 unspecified atom stereocenters. The first kappa shape index (κ1) is 18.6. The third-order valence-corrected chi connectivity index (χ3v) is 3.17. The third kappa shape index (κ3) is 4.65. The summed E-state index contributed by atoms with van der Waals surface area (Å²) >= 11 is 0. The van der Waals surface area contributed by atoms with Crippen LogP contribution < -0.4 is 10.9 Å². The number of nitrogens with zero attached hydrogens (tertiary/aromatic N) is 2. The first-order valence-electron chi connectivity index (χ1n) is 7.34. The molecule has 0 radical (unpaired) electrons. The second-order valence-electron chi connectivity index (χ2n) is 5.78. The summed E-state index contributed by atoms with van der Waals surface area (Å²) < 4.78 is 52.5. The van der Waals surface area contributed by atoms with Crippen molar-refractivity contribution in [2.75, 3.05) is 5.32 Å². The molecule has 1 N–H and O–H groups in total. The summed E-state index contributed by atoms with van der Waals surface area (Å²) in [6.07, 6.45) is -4.88. The van der Waals surface area contributed by atoms with Gasteiger partial charge in [-0.05, 0) is 30.2 Å². The number of rotatable bonds is 4. The third-order valence-electron chi connectivity index (χ3n) is 3.17. The minimum absolute atomic E-state index is 0.106. The lowest BCUT2D eigenvalue weighted by Gasteiger charge is -2.12. The molecule has 134 valence electrons. The summed E-state index contributed by atoms with van der Waals surface area (Å²) in [6, 6.07) is 4.44. The van der Waals surface area contributed by atoms with Crippen LogP contribution in [0.2, 0.25) is 0 Å². The smallest absolute Gasteiger partial charge is 0.321 e. The summed E-state index contributed by atoms with van der Waals surface area (Å²) in [5.74, 6) is -2.14. The molecule has 1 amide bonds. The molecule has 0 aliphatic carbocycles. The molecule has 0 saturated carbocycles. The van der Waals surface area contributed by atoms with Crippen LogP contribution in [0.1, 0.15) is 29.9 Å². The molecule has 25 heavy (non-hydrogen) atoms. The minimum Gasteiger partial charge on any atom is -0.321 e. The Morgan fingerprint density at radius 1 is 1.24 bits per heavy atom. The number of halogens is 4. The molecule has 1 heterocycles. The van der Waals surface area contributed by atoms with Crippen LogP contribution in [0.15, 0.2) is 35.1 Å². The number of nitrogens with one attached hydrogen (secondary N) is 1. The maximum atomic E-state index is 13.3. The van der Waals surface area contributed by atoms with E-state index in [1.54, 1.807) is 0 Å². The SMILES string of the molecule is CC(C)Cn1nc(C(=O)Nc2ccc(F)c(C(F)(F)F)c2)ccc1=O. The average molecular weight is 357 g/mol. The lowest BCUT2D eigenvalue weighted by atomic mass is 10.1. The molecule has 0 saturated heterocycles. The highest BCUT2D eigenvalue weighted by molar-refractivity contribution is 6.02. The van der Waals surface area contributed by atoms with Gasteiger partial charge in [0, 0.05) is 18.3 Å². The highest BCUT2D eigenvalue weighted by Gasteiger charge is 2.34. The van der Waals surface area contributed by atoms with Crippen molar-refractivity contribution in [3.05, 3.63) is 57.8 Å². The predicted molar refractivity (Wildman–Crippen MR) is 82.7 cm³/mol. The van der Waals surface area contributed by atoms with Crippen LogP contribution in [0, 0.1) is 11.7 Å². The van der Waals surface area contributed by atoms with Gasteiger partial charge in [-0.2, -0.15) is 18.3 Å². The Hall–Kier alpha value is -2.71. The van der Waals surface area contributed by atoms with Crippen LogP contribution in [-0.2, 0) is 12.7 Å². The lowest BCUT2D eigenvalue weighted by molar-refractivity contribution is -0.139. The molecule has 1 aromatic carbocycles. The van der Waals surface area contributed by atoms with Gasteiger partial charge in [-0.25, -0.2) is 9.07 Å². The number of hydrogen-bond donors (Lipinski definition) is 1. The van der Waals surface area contributed by atoms with Crippen LogP contribution in [-0.4, -0.2) is 15.7 Å². The van der Waals surface area contributed by atoms with Crippen molar-refractivity contribution in [2.24, 2.45) is 5.92 Å². The first-order valence-corrected chi connectivity index (χ1v) is 7.34. The van der Waals surface area contributed by atoms with Crippen molar-refractivity contribution < 1.29 is 22.4 Å². The zero-order valence-corrected chi connectivity index (χ0v) is 13.4. The maximum Gasteiger partial charge on any atom is 0.419 e. The van der Waals surface area contributed by atoms with Gasteiger partial charge < -0.3 is 5.32 Å². The van der Waals surface area contributed by atoms with Crippen LogP contribution in [0.5, 0.6) is 0 Å². The maximum absolute atomic E-state index is 13.3. The number of carbonyl (C=O) groups excluding carboxylic acids is 1. The molecule has 2 rings (SSSR count). The summed E-state index contributed by atoms with van der Waals surface area (Å²) in [5, 5.41) is 6.11. The molecule has 9 heteroatoms. The van der Waals surface area contributed by atoms with Gasteiger partial charge in [-0.3, -0.25) is 9.59 Å². The molecule has 2 aromatic rings. The van der Waals surface area contributed by atoms with E-state index >= 15 is 0 Å². The number of carbonyl (C=O) groups is 1. The van der Waals surface area contributed by atoms with Gasteiger partial charge in [0.25, 0.3) is 11.5 Å². The first-order chi connectivity index (χ1) is 11.6. The normalized spacial score (nSPS) is 11.6. The molecule has 1 aromatic heterocycles. The highest BCUT2D eigenvalue weighted by Crippen LogP contribution is 2.33. The predicted octanol–water partition coefficient (Wildman–Crippen LogP) is 3.31. The van der Waals surface area contributed by atoms with E-state index < -0.39 is 29.0 Å². The number of amides is 1. The van der Waals surface area contributed by atoms with E-state index in [0.717, 1.165) is 16.8 Å². The van der Waals surface area contributed by atoms with Crippen molar-refractivity contribution >= 4 is 11.6 Å². The molecule has 0 atom stereocenters. The largest absolute Gasteiger partial charge is 0.419 e. The molecule has 0 fully saturated rings. The molecule has 0 aliphatic rings. The molecular weight excluding hydrogens is 342 g/mol. The van der Waals surface area contributed by atoms with Gasteiger partial charge >= 0.3 is 6.18 Å². The fourth-order valence-corrected chi connectivity index (χ4v) is 2.06. The fourth-order valence-electron chi connectivity index (χ4n) is 2.06. The topological polar surface area (TPSA) is 64.0 Å². The number of alkyl halides is 3. The number of anilines is 1. The van der Waals surface area contributed by atoms with E-state index in [9.17, 15) is 27.2 Å². The standard InChI is InChI=1S/C16H15F4N3O2/c1-9(2)8-23-14(24)6-5-13(22-23)15(25)21-10-3-4-12(17)11(7-10)16(18,19)20/h3-7,9H,8H2,1-2H3,(H,21,25). The lowest BCUT2D eigenvalue weighted by Crippen LogP contribution is -2.27. The highest BCUT2D eigenvalue weighted by atomic mass is 19.4. The zero-order chi connectivity index (χ0) is 18.8. The van der Waals surface area contributed by atoms with Crippen LogP contribution >= 0.6 is 0 Å². The van der Waals surface area contributed by atoms with Crippen molar-refractivity contribution in [1.82, 2.24) is 9.78 Å². The van der Waals surface area contributed by atoms with Crippen molar-refractivity contribution in [3.8, 4) is 0 Å². The second-order valence-corrected chi connectivity index (χ2v) is 5.78. The monoisotopic (exact) mass is 357 g/mol. The second kappa shape index (κ2) is 7.04. The molecule has 0 spiro atoms. The Labute approximate surface area is 140 Å². The Morgan fingerprint density at radius 3 is 2.52 bits per heavy atom. The number of benzene rings is 1. The summed E-state index contributed by atoms with van der Waals surface area (Å²) in [6.45, 7) is 4.00. The van der Waals surface area contributed by atoms with E-state index in [4.69, 9.17) is 0 Å². The van der Waals surface area contributed by atoms with Gasteiger partial charge in [0.05, 0.1) is 5.56 Å². The Bertz CT molecular complexity index is 844. The van der Waals surface area contributed by atoms with Crippen molar-refractivity contribution in [2.45, 2.75) is 26.6 Å². The zero-order valence-electron chi connectivity index (χ0n) is 13.4. The van der Waals surface area contributed by atoms with Crippen molar-refractivity contribution in [1.29, 1.82) is 0 Å². The van der Waals surface area contributed by atoms with Crippen LogP contribution in [0.25, 0.3) is 0 Å². The van der Waals surface area contributed by atoms with E-state index in [0.29, 0.717) is 12.1 Å². The van der Waals surface area contributed by atoms with E-state index in [1.807, 2.05) is 13.8 Å². The van der Waals surface area contributed by atoms with Gasteiger partial charge in [0.2, 0.25) is 0 Å². The average Bonchev–Trinajstić information content (AvgIpc) is 2.49. The van der Waals surface area contributed by atoms with Gasteiger partial charge in [-0.15, -0.1) is 0 Å². The van der Waals surface area contributed by atoms with E-state index in [2.05, 4.69) is 10.4 Å². The summed E-state index contributed by atoms with van der Waals surface area (Å²) in [4.78, 5) is 23.8. The Morgan fingerprint density at radius 2 is 1.92 bits per heavy atom. The van der Waals surface area contributed by atoms with Gasteiger partial charge in [-0.1, -0.05) is 13.8 Å². The number of hydrogen-bond acceptors (Lipinski definition) is 3. The van der Waals surface area contributed by atoms with Crippen LogP contribution in [0.4, 0.5) is 23.2 Å². The Balaban J connectivity index is 2.27. The molecular formula is C16H15F4N3O2. The molecule has 0 aliphatic heterocycles. The van der Waals surface area contributed by atoms with E-state index in [-0.39, 0.29) is 23.8 Å². The van der Waals surface area contributed by atoms with Crippen molar-refractivity contribution in [3.63, 3.8) is 0 Å². The van der Waals surface area contributed by atoms with Gasteiger partial charge in [0.15, 0.2) is 0 Å². The summed E-state index contributed by atoms with van der Waals surface area (Å²) in [7, 11) is 0. The fraction of sp³-hybridized carbons (Fsp3) is 0.312. The van der Waals surface area contributed by atoms with Gasteiger partial charge in [0.1, 0.15) is 11.5 Å². The Kier molecular flexibility index (Phi) is 5.24. The van der Waals surface area contributed by atoms with E-state index in [1.165, 1.54) is 6.07 Å². The van der Waals surface area contributed by atoms with Crippen LogP contribution in [0.3, 0.4) is 0 Å². The quantitative estimate of drug-likeness (QED) is 0.854. The molecule has 0 bridgehead atoms. The molecule has 5 nitrogen and oxygen atoms in total. The number of aromatic nitrogens is 2. The minimum atomic E-state index is -4.88. The summed E-state index contributed by atoms with van der Waals surface area (Å²) in [5.41, 5.74) is -2.25.